The van der Waals surface area contributed by atoms with E-state index in [-0.39, 0.29) is 4.90 Å². The van der Waals surface area contributed by atoms with Crippen LogP contribution in [0.1, 0.15) is 0 Å². The third-order valence-electron chi connectivity index (χ3n) is 3.38. The van der Waals surface area contributed by atoms with E-state index in [0.717, 1.165) is 0 Å². The minimum absolute atomic E-state index is 0.125. The molecule has 0 radical (unpaired) electrons. The lowest BCUT2D eigenvalue weighted by Crippen LogP contribution is -2.64. The summed E-state index contributed by atoms with van der Waals surface area (Å²) in [5.41, 5.74) is 5.85. The number of nitrogens with one attached hydrogen (secondary N) is 1. The van der Waals surface area contributed by atoms with Gasteiger partial charge >= 0.3 is 0 Å². The van der Waals surface area contributed by atoms with E-state index in [4.69, 9.17) is 15.6 Å². The molecule has 1 fully saturated rings. The molecule has 1 aromatic rings. The lowest BCUT2D eigenvalue weighted by molar-refractivity contribution is -0.251. The number of sulfonamides is 1. The van der Waals surface area contributed by atoms with Crippen LogP contribution in [-0.4, -0.2) is 66.1 Å². The largest absolute Gasteiger partial charge is 0.399 e. The molecule has 7 N–H and O–H groups in total. The van der Waals surface area contributed by atoms with Gasteiger partial charge in [-0.3, -0.25) is 0 Å². The Morgan fingerprint density at radius 1 is 1.14 bits per heavy atom. The van der Waals surface area contributed by atoms with Crippen LogP contribution in [0.4, 0.5) is 5.69 Å². The van der Waals surface area contributed by atoms with Crippen LogP contribution in [0.2, 0.25) is 0 Å². The van der Waals surface area contributed by atoms with Gasteiger partial charge in [0.25, 0.3) is 0 Å². The predicted molar refractivity (Wildman–Crippen MR) is 74.9 cm³/mol. The molecule has 0 spiro atoms. The number of hydrogen-bond donors (Lipinski definition) is 6. The van der Waals surface area contributed by atoms with Crippen LogP contribution in [0, 0.1) is 0 Å². The summed E-state index contributed by atoms with van der Waals surface area (Å²) in [5.74, 6) is 0. The van der Waals surface area contributed by atoms with Gasteiger partial charge in [0.1, 0.15) is 24.4 Å². The maximum atomic E-state index is 12.2. The number of rotatable bonds is 4. The number of anilines is 1. The molecule has 0 amide bonds. The summed E-state index contributed by atoms with van der Waals surface area (Å²) >= 11 is 0. The summed E-state index contributed by atoms with van der Waals surface area (Å²) in [4.78, 5) is -0.125. The Labute approximate surface area is 127 Å². The van der Waals surface area contributed by atoms with Crippen LogP contribution in [-0.2, 0) is 14.8 Å². The smallest absolute Gasteiger partial charge is 0.241 e. The average Bonchev–Trinajstić information content (AvgIpc) is 2.48. The minimum Gasteiger partial charge on any atom is -0.399 e. The Bertz CT molecular complexity index is 606. The molecule has 1 aromatic carbocycles. The molecule has 2 rings (SSSR count). The molecular formula is C12H18N2O7S. The van der Waals surface area contributed by atoms with Crippen LogP contribution in [0.3, 0.4) is 0 Å². The first kappa shape index (κ1) is 17.1. The van der Waals surface area contributed by atoms with E-state index in [1.165, 1.54) is 24.3 Å². The minimum atomic E-state index is -4.07. The van der Waals surface area contributed by atoms with Crippen LogP contribution in [0.5, 0.6) is 0 Å². The Balaban J connectivity index is 2.20. The SMILES string of the molecule is Nc1ccc(S(=O)(=O)N[C@H]2[C@H](O)[C@H](O)[C@H](CO)O[C@@H]2O)cc1. The predicted octanol–water partition coefficient (Wildman–Crippen LogP) is -2.65. The first-order valence-electron chi connectivity index (χ1n) is 6.44. The number of nitrogens with two attached hydrogens (primary N) is 1. The Morgan fingerprint density at radius 2 is 1.73 bits per heavy atom. The van der Waals surface area contributed by atoms with E-state index < -0.39 is 47.3 Å². The molecule has 0 unspecified atom stereocenters. The Kier molecular flexibility index (Phi) is 5.02. The number of nitrogen functional groups attached to an aromatic ring is 1. The summed E-state index contributed by atoms with van der Waals surface area (Å²) in [5, 5.41) is 38.4. The first-order chi connectivity index (χ1) is 10.3. The Hall–Kier alpha value is -1.27. The van der Waals surface area contributed by atoms with Crippen molar-refractivity contribution in [2.24, 2.45) is 0 Å². The van der Waals surface area contributed by atoms with Crippen molar-refractivity contribution in [3.63, 3.8) is 0 Å². The van der Waals surface area contributed by atoms with E-state index in [9.17, 15) is 23.7 Å². The number of benzene rings is 1. The van der Waals surface area contributed by atoms with Gasteiger partial charge in [0.05, 0.1) is 11.5 Å². The molecule has 9 nitrogen and oxygen atoms in total. The summed E-state index contributed by atoms with van der Waals surface area (Å²) in [6.07, 6.45) is -6.13. The highest BCUT2D eigenvalue weighted by Crippen LogP contribution is 2.22. The van der Waals surface area contributed by atoms with Crippen molar-refractivity contribution in [1.29, 1.82) is 0 Å². The van der Waals surface area contributed by atoms with Gasteiger partial charge in [-0.15, -0.1) is 0 Å². The standard InChI is InChI=1S/C12H18N2O7S/c13-6-1-3-7(4-2-6)22(19,20)14-9-11(17)10(16)8(5-15)21-12(9)18/h1-4,8-12,14-18H,5,13H2/t8-,9-,10+,11-,12-/m0/s1. The second kappa shape index (κ2) is 6.46. The molecular weight excluding hydrogens is 316 g/mol. The quantitative estimate of drug-likeness (QED) is 0.325. The maximum absolute atomic E-state index is 12.2. The van der Waals surface area contributed by atoms with E-state index in [2.05, 4.69) is 4.72 Å². The Morgan fingerprint density at radius 3 is 2.27 bits per heavy atom. The highest BCUT2D eigenvalue weighted by molar-refractivity contribution is 7.89. The summed E-state index contributed by atoms with van der Waals surface area (Å²) in [6.45, 7) is -0.632. The van der Waals surface area contributed by atoms with Gasteiger partial charge in [-0.05, 0) is 24.3 Å². The van der Waals surface area contributed by atoms with Crippen molar-refractivity contribution in [3.05, 3.63) is 24.3 Å². The molecule has 124 valence electrons. The first-order valence-corrected chi connectivity index (χ1v) is 7.93. The molecule has 0 aromatic heterocycles. The van der Waals surface area contributed by atoms with Crippen molar-refractivity contribution in [3.8, 4) is 0 Å². The van der Waals surface area contributed by atoms with Gasteiger partial charge < -0.3 is 30.9 Å². The van der Waals surface area contributed by atoms with Crippen molar-refractivity contribution >= 4 is 15.7 Å². The van der Waals surface area contributed by atoms with E-state index >= 15 is 0 Å². The monoisotopic (exact) mass is 334 g/mol. The van der Waals surface area contributed by atoms with Crippen molar-refractivity contribution < 1.29 is 33.6 Å². The van der Waals surface area contributed by atoms with Crippen molar-refractivity contribution in [2.75, 3.05) is 12.3 Å². The fourth-order valence-corrected chi connectivity index (χ4v) is 3.36. The highest BCUT2D eigenvalue weighted by Gasteiger charge is 2.45. The van der Waals surface area contributed by atoms with Gasteiger partial charge in [-0.25, -0.2) is 13.1 Å². The zero-order chi connectivity index (χ0) is 16.5. The zero-order valence-corrected chi connectivity index (χ0v) is 12.2. The van der Waals surface area contributed by atoms with Crippen molar-refractivity contribution in [1.82, 2.24) is 4.72 Å². The lowest BCUT2D eigenvalue weighted by Gasteiger charge is -2.40. The number of aliphatic hydroxyl groups is 4. The van der Waals surface area contributed by atoms with E-state index in [0.29, 0.717) is 5.69 Å². The van der Waals surface area contributed by atoms with Crippen LogP contribution < -0.4 is 10.5 Å². The van der Waals surface area contributed by atoms with Gasteiger partial charge in [0, 0.05) is 5.69 Å². The van der Waals surface area contributed by atoms with E-state index in [1.807, 2.05) is 0 Å². The molecule has 1 saturated heterocycles. The topological polar surface area (TPSA) is 162 Å². The normalized spacial score (nSPS) is 32.8. The third-order valence-corrected chi connectivity index (χ3v) is 4.86. The van der Waals surface area contributed by atoms with Crippen LogP contribution in [0.15, 0.2) is 29.2 Å². The molecule has 22 heavy (non-hydrogen) atoms. The van der Waals surface area contributed by atoms with Gasteiger partial charge in [0.2, 0.25) is 10.0 Å². The molecule has 1 heterocycles. The molecule has 0 saturated carbocycles. The van der Waals surface area contributed by atoms with Crippen LogP contribution in [0.25, 0.3) is 0 Å². The zero-order valence-electron chi connectivity index (χ0n) is 11.4. The number of aliphatic hydroxyl groups excluding tert-OH is 4. The highest BCUT2D eigenvalue weighted by atomic mass is 32.2. The van der Waals surface area contributed by atoms with E-state index in [1.54, 1.807) is 0 Å². The molecule has 0 bridgehead atoms. The number of hydrogen-bond acceptors (Lipinski definition) is 8. The van der Waals surface area contributed by atoms with Crippen molar-refractivity contribution in [2.45, 2.75) is 35.5 Å². The van der Waals surface area contributed by atoms with Gasteiger partial charge in [0.15, 0.2) is 6.29 Å². The summed E-state index contributed by atoms with van der Waals surface area (Å²) < 4.78 is 31.4. The lowest BCUT2D eigenvalue weighted by atomic mass is 9.98. The average molecular weight is 334 g/mol. The second-order valence-electron chi connectivity index (χ2n) is 4.94. The molecule has 1 aliphatic heterocycles. The van der Waals surface area contributed by atoms with Gasteiger partial charge in [-0.2, -0.15) is 0 Å². The molecule has 1 aliphatic rings. The maximum Gasteiger partial charge on any atom is 0.241 e. The number of ether oxygens (including phenoxy) is 1. The summed E-state index contributed by atoms with van der Waals surface area (Å²) in [7, 11) is -4.07. The summed E-state index contributed by atoms with van der Waals surface area (Å²) in [6, 6.07) is 3.80. The molecule has 10 heteroatoms. The van der Waals surface area contributed by atoms with Gasteiger partial charge in [-0.1, -0.05) is 0 Å². The second-order valence-corrected chi connectivity index (χ2v) is 6.66. The molecule has 0 aliphatic carbocycles. The third kappa shape index (κ3) is 3.38. The molecule has 5 atom stereocenters. The fraction of sp³-hybridized carbons (Fsp3) is 0.500. The fourth-order valence-electron chi connectivity index (χ4n) is 2.12. The van der Waals surface area contributed by atoms with Crippen LogP contribution >= 0.6 is 0 Å².